The summed E-state index contributed by atoms with van der Waals surface area (Å²) >= 11 is 0. The minimum Gasteiger partial charge on any atom is -0.478 e. The van der Waals surface area contributed by atoms with Crippen LogP contribution in [0.15, 0.2) is 36.7 Å². The number of methoxy groups -OCH3 is 1. The minimum atomic E-state index is -0.978. The van der Waals surface area contributed by atoms with Crippen molar-refractivity contribution in [3.05, 3.63) is 53.3 Å². The van der Waals surface area contributed by atoms with Gasteiger partial charge in [-0.3, -0.25) is 9.48 Å². The maximum absolute atomic E-state index is 12.8. The molecule has 7 nitrogen and oxygen atoms in total. The molecule has 1 N–H and O–H groups in total. The molecule has 1 amide bonds. The van der Waals surface area contributed by atoms with Gasteiger partial charge in [0.15, 0.2) is 0 Å². The van der Waals surface area contributed by atoms with Gasteiger partial charge in [0.1, 0.15) is 0 Å². The lowest BCUT2D eigenvalue weighted by Crippen LogP contribution is -2.39. The van der Waals surface area contributed by atoms with Crippen LogP contribution in [0.5, 0.6) is 0 Å². The SMILES string of the molecule is COCc1ccccc1C(=O)N1CCC(n2cc(C(=O)O)cn2)CC1. The smallest absolute Gasteiger partial charge is 0.338 e. The van der Waals surface area contributed by atoms with Crippen LogP contribution in [0.3, 0.4) is 0 Å². The Hall–Kier alpha value is -2.67. The van der Waals surface area contributed by atoms with E-state index in [1.165, 1.54) is 6.20 Å². The Morgan fingerprint density at radius 3 is 2.64 bits per heavy atom. The van der Waals surface area contributed by atoms with Crippen LogP contribution >= 0.6 is 0 Å². The summed E-state index contributed by atoms with van der Waals surface area (Å²) in [7, 11) is 1.61. The van der Waals surface area contributed by atoms with E-state index in [0.717, 1.165) is 18.4 Å². The molecule has 25 heavy (non-hydrogen) atoms. The third kappa shape index (κ3) is 3.71. The number of carbonyl (C=O) groups is 2. The number of carbonyl (C=O) groups excluding carboxylic acids is 1. The summed E-state index contributed by atoms with van der Waals surface area (Å²) in [5.74, 6) is -0.966. The fourth-order valence-corrected chi connectivity index (χ4v) is 3.16. The third-order valence-electron chi connectivity index (χ3n) is 4.52. The number of likely N-dealkylation sites (tertiary alicyclic amines) is 1. The van der Waals surface area contributed by atoms with E-state index in [2.05, 4.69) is 5.10 Å². The fraction of sp³-hybridized carbons (Fsp3) is 0.389. The topological polar surface area (TPSA) is 84.7 Å². The number of aromatic nitrogens is 2. The van der Waals surface area contributed by atoms with Crippen LogP contribution in [0.4, 0.5) is 0 Å². The van der Waals surface area contributed by atoms with Gasteiger partial charge in [-0.25, -0.2) is 4.79 Å². The average molecular weight is 343 g/mol. The van der Waals surface area contributed by atoms with Crippen molar-refractivity contribution >= 4 is 11.9 Å². The first-order valence-corrected chi connectivity index (χ1v) is 8.23. The number of piperidine rings is 1. The molecule has 0 saturated carbocycles. The molecular formula is C18H21N3O4. The minimum absolute atomic E-state index is 0.0118. The molecule has 1 aromatic heterocycles. The first-order valence-electron chi connectivity index (χ1n) is 8.23. The van der Waals surface area contributed by atoms with Gasteiger partial charge in [0, 0.05) is 32.0 Å². The zero-order chi connectivity index (χ0) is 17.8. The maximum atomic E-state index is 12.8. The number of amides is 1. The number of carboxylic acid groups (broad SMARTS) is 1. The first-order chi connectivity index (χ1) is 12.1. The summed E-state index contributed by atoms with van der Waals surface area (Å²) in [4.78, 5) is 25.6. The molecule has 0 radical (unpaired) electrons. The Morgan fingerprint density at radius 1 is 1.28 bits per heavy atom. The normalized spacial score (nSPS) is 15.3. The molecular weight excluding hydrogens is 322 g/mol. The largest absolute Gasteiger partial charge is 0.478 e. The lowest BCUT2D eigenvalue weighted by atomic mass is 10.0. The molecule has 2 aromatic rings. The molecule has 0 unspecified atom stereocenters. The molecule has 1 aliphatic heterocycles. The van der Waals surface area contributed by atoms with E-state index < -0.39 is 5.97 Å². The summed E-state index contributed by atoms with van der Waals surface area (Å²) in [5.41, 5.74) is 1.75. The quantitative estimate of drug-likeness (QED) is 0.900. The molecule has 0 bridgehead atoms. The van der Waals surface area contributed by atoms with E-state index in [4.69, 9.17) is 9.84 Å². The Labute approximate surface area is 145 Å². The molecule has 1 saturated heterocycles. The highest BCUT2D eigenvalue weighted by molar-refractivity contribution is 5.95. The second-order valence-electron chi connectivity index (χ2n) is 6.13. The zero-order valence-corrected chi connectivity index (χ0v) is 14.1. The number of carboxylic acids is 1. The lowest BCUT2D eigenvalue weighted by molar-refractivity contribution is 0.0684. The molecule has 1 aliphatic rings. The summed E-state index contributed by atoms with van der Waals surface area (Å²) in [6, 6.07) is 7.60. The van der Waals surface area contributed by atoms with Gasteiger partial charge in [-0.1, -0.05) is 18.2 Å². The lowest BCUT2D eigenvalue weighted by Gasteiger charge is -2.32. The second-order valence-corrected chi connectivity index (χ2v) is 6.13. The molecule has 1 aromatic carbocycles. The molecule has 0 spiro atoms. The van der Waals surface area contributed by atoms with E-state index in [0.29, 0.717) is 25.3 Å². The molecule has 3 rings (SSSR count). The van der Waals surface area contributed by atoms with Crippen LogP contribution in [0.1, 0.15) is 45.2 Å². The van der Waals surface area contributed by atoms with Crippen molar-refractivity contribution in [2.24, 2.45) is 0 Å². The number of hydrogen-bond donors (Lipinski definition) is 1. The number of nitrogens with zero attached hydrogens (tertiary/aromatic N) is 3. The van der Waals surface area contributed by atoms with Gasteiger partial charge >= 0.3 is 5.97 Å². The van der Waals surface area contributed by atoms with Crippen molar-refractivity contribution in [3.8, 4) is 0 Å². The van der Waals surface area contributed by atoms with E-state index in [1.54, 1.807) is 18.0 Å². The molecule has 132 valence electrons. The summed E-state index contributed by atoms with van der Waals surface area (Å²) < 4.78 is 6.87. The highest BCUT2D eigenvalue weighted by Crippen LogP contribution is 2.24. The monoisotopic (exact) mass is 343 g/mol. The molecule has 2 heterocycles. The highest BCUT2D eigenvalue weighted by Gasteiger charge is 2.26. The predicted molar refractivity (Wildman–Crippen MR) is 90.5 cm³/mol. The van der Waals surface area contributed by atoms with Crippen molar-refractivity contribution in [1.82, 2.24) is 14.7 Å². The standard InChI is InChI=1S/C18H21N3O4/c1-25-12-13-4-2-3-5-16(13)17(22)20-8-6-15(7-9-20)21-11-14(10-19-21)18(23)24/h2-5,10-11,15H,6-9,12H2,1H3,(H,23,24). The zero-order valence-electron chi connectivity index (χ0n) is 14.1. The third-order valence-corrected chi connectivity index (χ3v) is 4.52. The molecule has 7 heteroatoms. The van der Waals surface area contributed by atoms with Crippen molar-refractivity contribution in [3.63, 3.8) is 0 Å². The molecule has 1 fully saturated rings. The van der Waals surface area contributed by atoms with Crippen molar-refractivity contribution in [2.75, 3.05) is 20.2 Å². The Morgan fingerprint density at radius 2 is 2.00 bits per heavy atom. The van der Waals surface area contributed by atoms with Gasteiger partial charge in [0.05, 0.1) is 24.4 Å². The second kappa shape index (κ2) is 7.48. The Balaban J connectivity index is 1.65. The molecule has 0 atom stereocenters. The summed E-state index contributed by atoms with van der Waals surface area (Å²) in [6.45, 7) is 1.64. The molecule has 0 aliphatic carbocycles. The summed E-state index contributed by atoms with van der Waals surface area (Å²) in [5, 5.41) is 13.1. The van der Waals surface area contributed by atoms with Gasteiger partial charge in [0.2, 0.25) is 0 Å². The maximum Gasteiger partial charge on any atom is 0.338 e. The fourth-order valence-electron chi connectivity index (χ4n) is 3.16. The highest BCUT2D eigenvalue weighted by atomic mass is 16.5. The van der Waals surface area contributed by atoms with Gasteiger partial charge in [-0.15, -0.1) is 0 Å². The predicted octanol–water partition coefficient (Wildman–Crippen LogP) is 2.21. The van der Waals surface area contributed by atoms with Crippen LogP contribution in [0.2, 0.25) is 0 Å². The van der Waals surface area contributed by atoms with E-state index in [9.17, 15) is 9.59 Å². The van der Waals surface area contributed by atoms with Gasteiger partial charge in [-0.2, -0.15) is 5.10 Å². The van der Waals surface area contributed by atoms with Crippen LogP contribution in [0.25, 0.3) is 0 Å². The van der Waals surface area contributed by atoms with E-state index >= 15 is 0 Å². The van der Waals surface area contributed by atoms with Crippen LogP contribution in [-0.2, 0) is 11.3 Å². The van der Waals surface area contributed by atoms with Crippen molar-refractivity contribution < 1.29 is 19.4 Å². The van der Waals surface area contributed by atoms with Crippen LogP contribution < -0.4 is 0 Å². The van der Waals surface area contributed by atoms with Gasteiger partial charge < -0.3 is 14.7 Å². The van der Waals surface area contributed by atoms with Crippen LogP contribution in [-0.4, -0.2) is 51.9 Å². The number of benzene rings is 1. The van der Waals surface area contributed by atoms with Gasteiger partial charge in [0.25, 0.3) is 5.91 Å². The Kier molecular flexibility index (Phi) is 5.14. The number of hydrogen-bond acceptors (Lipinski definition) is 4. The summed E-state index contributed by atoms with van der Waals surface area (Å²) in [6.07, 6.45) is 4.41. The van der Waals surface area contributed by atoms with Crippen molar-refractivity contribution in [2.45, 2.75) is 25.5 Å². The van der Waals surface area contributed by atoms with E-state index in [1.807, 2.05) is 29.2 Å². The Bertz CT molecular complexity index is 763. The number of ether oxygens (including phenoxy) is 1. The average Bonchev–Trinajstić information content (AvgIpc) is 3.12. The van der Waals surface area contributed by atoms with Crippen molar-refractivity contribution in [1.29, 1.82) is 0 Å². The number of aromatic carboxylic acids is 1. The van der Waals surface area contributed by atoms with E-state index in [-0.39, 0.29) is 17.5 Å². The van der Waals surface area contributed by atoms with Gasteiger partial charge in [-0.05, 0) is 24.5 Å². The number of rotatable bonds is 5. The van der Waals surface area contributed by atoms with Crippen LogP contribution in [0, 0.1) is 0 Å². The first kappa shape index (κ1) is 17.2.